The van der Waals surface area contributed by atoms with Crippen LogP contribution in [0.2, 0.25) is 0 Å². The highest BCUT2D eigenvalue weighted by Gasteiger charge is 2.26. The summed E-state index contributed by atoms with van der Waals surface area (Å²) in [5, 5.41) is 2.43. The Bertz CT molecular complexity index is 1300. The molecule has 0 bridgehead atoms. The molecule has 1 aliphatic rings. The number of ether oxygens (including phenoxy) is 1. The van der Waals surface area contributed by atoms with Crippen LogP contribution in [-0.2, 0) is 0 Å². The summed E-state index contributed by atoms with van der Waals surface area (Å²) in [6.07, 6.45) is 0. The van der Waals surface area contributed by atoms with Crippen molar-refractivity contribution in [2.45, 2.75) is 0 Å². The first kappa shape index (κ1) is 14.4. The van der Waals surface area contributed by atoms with Gasteiger partial charge in [0.2, 0.25) is 0 Å². The Balaban J connectivity index is 1.68. The van der Waals surface area contributed by atoms with Crippen LogP contribution in [0.25, 0.3) is 21.8 Å². The first-order valence-electron chi connectivity index (χ1n) is 9.05. The summed E-state index contributed by atoms with van der Waals surface area (Å²) in [6, 6.07) is 31.4. The second-order valence-electron chi connectivity index (χ2n) is 6.78. The largest absolute Gasteiger partial charge is 0.453 e. The number of rotatable bonds is 1. The van der Waals surface area contributed by atoms with Gasteiger partial charge < -0.3 is 14.6 Å². The summed E-state index contributed by atoms with van der Waals surface area (Å²) >= 11 is 0. The lowest BCUT2D eigenvalue weighted by atomic mass is 10.1. The van der Waals surface area contributed by atoms with Crippen LogP contribution < -0.4 is 9.64 Å². The van der Waals surface area contributed by atoms with Gasteiger partial charge in [0.05, 0.1) is 16.9 Å². The third kappa shape index (κ3) is 2.09. The third-order valence-corrected chi connectivity index (χ3v) is 5.17. The minimum Gasteiger partial charge on any atom is -0.453 e. The molecule has 1 aromatic heterocycles. The fourth-order valence-electron chi connectivity index (χ4n) is 3.95. The quantitative estimate of drug-likeness (QED) is 0.350. The fourth-order valence-corrected chi connectivity index (χ4v) is 3.95. The van der Waals surface area contributed by atoms with E-state index in [2.05, 4.69) is 76.6 Å². The molecular formula is C24H16N2O. The zero-order chi connectivity index (χ0) is 17.8. The molecule has 1 N–H and O–H groups in total. The molecule has 3 nitrogen and oxygen atoms in total. The summed E-state index contributed by atoms with van der Waals surface area (Å²) < 4.78 is 6.27. The van der Waals surface area contributed by atoms with Crippen LogP contribution in [-0.4, -0.2) is 4.98 Å². The molecule has 6 rings (SSSR count). The molecule has 0 amide bonds. The molecule has 4 aromatic carbocycles. The zero-order valence-corrected chi connectivity index (χ0v) is 14.5. The maximum atomic E-state index is 6.27. The van der Waals surface area contributed by atoms with Crippen molar-refractivity contribution in [2.24, 2.45) is 0 Å². The van der Waals surface area contributed by atoms with Gasteiger partial charge in [0, 0.05) is 28.0 Å². The summed E-state index contributed by atoms with van der Waals surface area (Å²) in [5.74, 6) is 1.72. The van der Waals surface area contributed by atoms with E-state index in [4.69, 9.17) is 4.74 Å². The molecule has 0 spiro atoms. The van der Waals surface area contributed by atoms with Gasteiger partial charge in [0.25, 0.3) is 0 Å². The standard InChI is InChI=1S/C24H16N2O/c1-2-8-16(9-3-1)26-21-12-6-7-13-23(21)27-24-15-20-18(14-22(24)26)17-10-4-5-11-19(17)25-20/h1-15,25H. The predicted molar refractivity (Wildman–Crippen MR) is 111 cm³/mol. The van der Waals surface area contributed by atoms with Crippen molar-refractivity contribution in [2.75, 3.05) is 4.90 Å². The fraction of sp³-hybridized carbons (Fsp3) is 0. The number of hydrogen-bond donors (Lipinski definition) is 1. The second kappa shape index (κ2) is 5.39. The molecule has 3 heteroatoms. The number of benzene rings is 4. The monoisotopic (exact) mass is 348 g/mol. The number of anilines is 3. The van der Waals surface area contributed by atoms with E-state index in [1.807, 2.05) is 24.3 Å². The van der Waals surface area contributed by atoms with E-state index in [0.29, 0.717) is 0 Å². The highest BCUT2D eigenvalue weighted by atomic mass is 16.5. The molecule has 128 valence electrons. The molecule has 5 aromatic rings. The number of hydrogen-bond acceptors (Lipinski definition) is 2. The van der Waals surface area contributed by atoms with E-state index in [1.54, 1.807) is 0 Å². The highest BCUT2D eigenvalue weighted by molar-refractivity contribution is 6.10. The van der Waals surface area contributed by atoms with Gasteiger partial charge in [-0.1, -0.05) is 48.5 Å². The average Bonchev–Trinajstić information content (AvgIpc) is 3.08. The Labute approximate surface area is 156 Å². The van der Waals surface area contributed by atoms with Crippen LogP contribution >= 0.6 is 0 Å². The molecular weight excluding hydrogens is 332 g/mol. The van der Waals surface area contributed by atoms with Crippen LogP contribution in [0.3, 0.4) is 0 Å². The third-order valence-electron chi connectivity index (χ3n) is 5.17. The number of fused-ring (bicyclic) bond motifs is 5. The van der Waals surface area contributed by atoms with Crippen molar-refractivity contribution in [1.29, 1.82) is 0 Å². The summed E-state index contributed by atoms with van der Waals surface area (Å²) in [7, 11) is 0. The Morgan fingerprint density at radius 2 is 1.37 bits per heavy atom. The summed E-state index contributed by atoms with van der Waals surface area (Å²) in [4.78, 5) is 5.78. The van der Waals surface area contributed by atoms with Gasteiger partial charge in [0.15, 0.2) is 11.5 Å². The summed E-state index contributed by atoms with van der Waals surface area (Å²) in [6.45, 7) is 0. The van der Waals surface area contributed by atoms with Gasteiger partial charge in [-0.15, -0.1) is 0 Å². The second-order valence-corrected chi connectivity index (χ2v) is 6.78. The number of nitrogens with zero attached hydrogens (tertiary/aromatic N) is 1. The molecule has 2 heterocycles. The lowest BCUT2D eigenvalue weighted by molar-refractivity contribution is 0.477. The van der Waals surface area contributed by atoms with Crippen molar-refractivity contribution < 1.29 is 4.74 Å². The molecule has 0 unspecified atom stereocenters. The molecule has 27 heavy (non-hydrogen) atoms. The van der Waals surface area contributed by atoms with E-state index in [-0.39, 0.29) is 0 Å². The van der Waals surface area contributed by atoms with Crippen LogP contribution in [0.1, 0.15) is 0 Å². The zero-order valence-electron chi connectivity index (χ0n) is 14.5. The van der Waals surface area contributed by atoms with Crippen molar-refractivity contribution in [3.63, 3.8) is 0 Å². The summed E-state index contributed by atoms with van der Waals surface area (Å²) in [5.41, 5.74) is 5.45. The van der Waals surface area contributed by atoms with E-state index in [1.165, 1.54) is 10.8 Å². The first-order valence-corrected chi connectivity index (χ1v) is 9.05. The minimum absolute atomic E-state index is 0.858. The number of H-pyrrole nitrogens is 1. The van der Waals surface area contributed by atoms with Crippen LogP contribution in [0.4, 0.5) is 17.1 Å². The van der Waals surface area contributed by atoms with Crippen molar-refractivity contribution >= 4 is 38.9 Å². The van der Waals surface area contributed by atoms with Crippen LogP contribution in [0.5, 0.6) is 11.5 Å². The lowest BCUT2D eigenvalue weighted by Crippen LogP contribution is -2.15. The van der Waals surface area contributed by atoms with Crippen LogP contribution in [0, 0.1) is 0 Å². The maximum absolute atomic E-state index is 6.27. The molecule has 0 fully saturated rings. The van der Waals surface area contributed by atoms with E-state index in [9.17, 15) is 0 Å². The van der Waals surface area contributed by atoms with Crippen molar-refractivity contribution in [3.05, 3.63) is 91.0 Å². The number of nitrogens with one attached hydrogen (secondary N) is 1. The van der Waals surface area contributed by atoms with Gasteiger partial charge in [-0.05, 0) is 36.4 Å². The molecule has 0 saturated heterocycles. The van der Waals surface area contributed by atoms with Gasteiger partial charge in [-0.25, -0.2) is 0 Å². The smallest absolute Gasteiger partial charge is 0.153 e. The Morgan fingerprint density at radius 3 is 2.30 bits per heavy atom. The highest BCUT2D eigenvalue weighted by Crippen LogP contribution is 2.51. The number of aromatic nitrogens is 1. The Kier molecular flexibility index (Phi) is 2.88. The van der Waals surface area contributed by atoms with E-state index in [0.717, 1.165) is 39.6 Å². The van der Waals surface area contributed by atoms with Gasteiger partial charge in [-0.3, -0.25) is 0 Å². The molecule has 1 aliphatic heterocycles. The first-order chi connectivity index (χ1) is 13.4. The number of aromatic amines is 1. The molecule has 0 aliphatic carbocycles. The van der Waals surface area contributed by atoms with Crippen molar-refractivity contribution in [3.8, 4) is 11.5 Å². The molecule has 0 saturated carbocycles. The van der Waals surface area contributed by atoms with E-state index < -0.39 is 0 Å². The topological polar surface area (TPSA) is 28.3 Å². The normalized spacial score (nSPS) is 12.7. The van der Waals surface area contributed by atoms with Crippen molar-refractivity contribution in [1.82, 2.24) is 4.98 Å². The average molecular weight is 348 g/mol. The predicted octanol–water partition coefficient (Wildman–Crippen LogP) is 6.90. The van der Waals surface area contributed by atoms with Crippen LogP contribution in [0.15, 0.2) is 91.0 Å². The molecule has 0 atom stereocenters. The number of para-hydroxylation sites is 4. The van der Waals surface area contributed by atoms with Gasteiger partial charge in [0.1, 0.15) is 0 Å². The SMILES string of the molecule is c1ccc(N2c3ccccc3Oc3cc4[nH]c5ccccc5c4cc32)cc1. The van der Waals surface area contributed by atoms with E-state index >= 15 is 0 Å². The molecule has 0 radical (unpaired) electrons. The Hall–Kier alpha value is -3.72. The maximum Gasteiger partial charge on any atom is 0.153 e. The Morgan fingerprint density at radius 1 is 0.593 bits per heavy atom. The lowest BCUT2D eigenvalue weighted by Gasteiger charge is -2.32. The minimum atomic E-state index is 0.858. The van der Waals surface area contributed by atoms with Gasteiger partial charge in [-0.2, -0.15) is 0 Å². The van der Waals surface area contributed by atoms with Gasteiger partial charge >= 0.3 is 0 Å².